The first-order valence-electron chi connectivity index (χ1n) is 8.55. The molecule has 0 aromatic rings. The molecule has 7 nitrogen and oxygen atoms in total. The molecular weight excluding hydrogens is 358 g/mol. The number of aliphatic carboxylic acids is 2. The Balaban J connectivity index is -0.000000441. The third-order valence-electron chi connectivity index (χ3n) is 3.64. The molecule has 0 rings (SSSR count). The topological polar surface area (TPSA) is 116 Å². The third kappa shape index (κ3) is 19.0. The van der Waals surface area contributed by atoms with Crippen molar-refractivity contribution in [3.63, 3.8) is 0 Å². The van der Waals surface area contributed by atoms with Crippen LogP contribution in [0.5, 0.6) is 0 Å². The second kappa shape index (κ2) is 17.3. The normalized spacial score (nSPS) is 12.5. The van der Waals surface area contributed by atoms with E-state index in [-0.39, 0.29) is 92.7 Å². The minimum Gasteiger partial charge on any atom is -1.00 e. The maximum Gasteiger partial charge on any atom is 1.00 e. The van der Waals surface area contributed by atoms with Gasteiger partial charge in [-0.1, -0.05) is 27.7 Å². The smallest absolute Gasteiger partial charge is 1.00 e. The van der Waals surface area contributed by atoms with Crippen LogP contribution in [0.25, 0.3) is 0 Å². The van der Waals surface area contributed by atoms with Crippen molar-refractivity contribution < 1.29 is 86.6 Å². The molecule has 0 fully saturated rings. The van der Waals surface area contributed by atoms with Gasteiger partial charge in [-0.2, -0.15) is 0 Å². The van der Waals surface area contributed by atoms with Crippen LogP contribution in [-0.2, 0) is 9.59 Å². The quantitative estimate of drug-likeness (QED) is 0.261. The van der Waals surface area contributed by atoms with Crippen LogP contribution in [0.4, 0.5) is 4.79 Å². The van der Waals surface area contributed by atoms with Crippen LogP contribution in [0.15, 0.2) is 0 Å². The van der Waals surface area contributed by atoms with Gasteiger partial charge in [-0.15, -0.1) is 0 Å². The summed E-state index contributed by atoms with van der Waals surface area (Å²) in [4.78, 5) is 33.6. The molecule has 2 amide bonds. The zero-order valence-corrected chi connectivity index (χ0v) is 21.2. The number of urea groups is 1. The van der Waals surface area contributed by atoms with E-state index in [4.69, 9.17) is 10.2 Å². The number of amides is 2. The summed E-state index contributed by atoms with van der Waals surface area (Å²) in [5, 5.41) is 23.2. The van der Waals surface area contributed by atoms with E-state index in [1.165, 1.54) is 0 Å². The number of carboxylic acids is 2. The third-order valence-corrected chi connectivity index (χ3v) is 3.64. The van der Waals surface area contributed by atoms with Crippen molar-refractivity contribution in [2.24, 2.45) is 23.7 Å². The maximum atomic E-state index is 11.9. The molecule has 0 aliphatic rings. The van der Waals surface area contributed by atoms with Gasteiger partial charge in [0.05, 0.1) is 0 Å². The van der Waals surface area contributed by atoms with Crippen LogP contribution in [0, 0.1) is 23.7 Å². The first kappa shape index (κ1) is 30.9. The summed E-state index contributed by atoms with van der Waals surface area (Å²) in [5.41, 5.74) is 0. The maximum absolute atomic E-state index is 11.9. The SMILES string of the molecule is CC(C)CC(CNC(=O)NCC(CC(=O)O)CC(C)C)CC(=O)O.[H-].[H-].[Na+].[Na+]. The van der Waals surface area contributed by atoms with Gasteiger partial charge in [-0.3, -0.25) is 9.59 Å². The molecular formula is C17H34N2Na2O5. The van der Waals surface area contributed by atoms with Crippen molar-refractivity contribution in [2.75, 3.05) is 13.1 Å². The Kier molecular flexibility index (Phi) is 20.6. The number of hydrogen-bond donors (Lipinski definition) is 4. The molecule has 0 aliphatic heterocycles. The molecule has 0 aliphatic carbocycles. The summed E-state index contributed by atoms with van der Waals surface area (Å²) < 4.78 is 0. The average Bonchev–Trinajstić information content (AvgIpc) is 2.39. The summed E-state index contributed by atoms with van der Waals surface area (Å²) in [5.74, 6) is -1.27. The van der Waals surface area contributed by atoms with Gasteiger partial charge >= 0.3 is 77.1 Å². The van der Waals surface area contributed by atoms with Crippen molar-refractivity contribution in [2.45, 2.75) is 53.4 Å². The zero-order chi connectivity index (χ0) is 18.7. The van der Waals surface area contributed by atoms with Crippen LogP contribution < -0.4 is 69.7 Å². The van der Waals surface area contributed by atoms with E-state index in [1.54, 1.807) is 0 Å². The van der Waals surface area contributed by atoms with E-state index in [2.05, 4.69) is 10.6 Å². The van der Waals surface area contributed by atoms with Gasteiger partial charge < -0.3 is 23.7 Å². The molecule has 0 bridgehead atoms. The molecule has 0 aromatic heterocycles. The van der Waals surface area contributed by atoms with E-state index >= 15 is 0 Å². The molecule has 9 heteroatoms. The van der Waals surface area contributed by atoms with Gasteiger partial charge in [-0.05, 0) is 36.5 Å². The van der Waals surface area contributed by atoms with Crippen LogP contribution in [-0.4, -0.2) is 41.3 Å². The van der Waals surface area contributed by atoms with Crippen LogP contribution in [0.2, 0.25) is 0 Å². The van der Waals surface area contributed by atoms with E-state index in [1.807, 2.05) is 27.7 Å². The van der Waals surface area contributed by atoms with Gasteiger partial charge in [-0.25, -0.2) is 4.79 Å². The number of rotatable bonds is 12. The van der Waals surface area contributed by atoms with E-state index in [0.29, 0.717) is 24.9 Å². The molecule has 0 spiro atoms. The Morgan fingerprint density at radius 2 is 1.08 bits per heavy atom. The Hall–Kier alpha value is 0.210. The van der Waals surface area contributed by atoms with Crippen LogP contribution in [0.3, 0.4) is 0 Å². The van der Waals surface area contributed by atoms with Crippen molar-refractivity contribution >= 4 is 18.0 Å². The Morgan fingerprint density at radius 3 is 1.31 bits per heavy atom. The molecule has 2 atom stereocenters. The van der Waals surface area contributed by atoms with E-state index in [0.717, 1.165) is 12.8 Å². The molecule has 2 unspecified atom stereocenters. The molecule has 26 heavy (non-hydrogen) atoms. The predicted octanol–water partition coefficient (Wildman–Crippen LogP) is -3.21. The van der Waals surface area contributed by atoms with Gasteiger partial charge in [0.2, 0.25) is 0 Å². The predicted molar refractivity (Wildman–Crippen MR) is 94.0 cm³/mol. The van der Waals surface area contributed by atoms with E-state index < -0.39 is 11.9 Å². The van der Waals surface area contributed by atoms with Crippen LogP contribution in [0.1, 0.15) is 56.2 Å². The van der Waals surface area contributed by atoms with Gasteiger partial charge in [0.1, 0.15) is 0 Å². The summed E-state index contributed by atoms with van der Waals surface area (Å²) in [6.45, 7) is 8.64. The minimum absolute atomic E-state index is 0. The van der Waals surface area contributed by atoms with Crippen LogP contribution >= 0.6 is 0 Å². The number of carbonyl (C=O) groups excluding carboxylic acids is 1. The number of carboxylic acid groups (broad SMARTS) is 2. The first-order chi connectivity index (χ1) is 11.1. The molecule has 0 saturated heterocycles. The molecule has 0 heterocycles. The monoisotopic (exact) mass is 392 g/mol. The summed E-state index contributed by atoms with van der Waals surface area (Å²) in [7, 11) is 0. The standard InChI is InChI=1S/C17H32N2O5.2Na.2H/c1-11(2)5-13(7-15(20)21)9-18-17(24)19-10-14(6-12(3)4)8-16(22)23;;;;/h11-14H,5-10H2,1-4H3,(H,20,21)(H,22,23)(H2,18,19,24);;;;/q;2*+1;2*-1. The fourth-order valence-corrected chi connectivity index (χ4v) is 2.84. The number of nitrogens with one attached hydrogen (secondary N) is 2. The Bertz CT molecular complexity index is 394. The van der Waals surface area contributed by atoms with Gasteiger partial charge in [0, 0.05) is 25.9 Å². The fourth-order valence-electron chi connectivity index (χ4n) is 2.84. The molecule has 4 N–H and O–H groups in total. The molecule has 144 valence electrons. The van der Waals surface area contributed by atoms with Gasteiger partial charge in [0.25, 0.3) is 0 Å². The van der Waals surface area contributed by atoms with Crippen molar-refractivity contribution in [1.82, 2.24) is 10.6 Å². The first-order valence-corrected chi connectivity index (χ1v) is 8.55. The molecule has 0 aromatic carbocycles. The number of hydrogen-bond acceptors (Lipinski definition) is 3. The summed E-state index contributed by atoms with van der Waals surface area (Å²) in [6, 6.07) is -0.381. The van der Waals surface area contributed by atoms with E-state index in [9.17, 15) is 14.4 Å². The second-order valence-corrected chi connectivity index (χ2v) is 7.28. The minimum atomic E-state index is -0.874. The Morgan fingerprint density at radius 1 is 0.769 bits per heavy atom. The summed E-state index contributed by atoms with van der Waals surface area (Å²) in [6.07, 6.45) is 1.49. The largest absolute Gasteiger partial charge is 1.00 e. The van der Waals surface area contributed by atoms with Crippen molar-refractivity contribution in [3.05, 3.63) is 0 Å². The molecule has 0 saturated carbocycles. The van der Waals surface area contributed by atoms with Crippen molar-refractivity contribution in [1.29, 1.82) is 0 Å². The second-order valence-electron chi connectivity index (χ2n) is 7.28. The zero-order valence-electron chi connectivity index (χ0n) is 19.2. The molecule has 0 radical (unpaired) electrons. The van der Waals surface area contributed by atoms with Crippen molar-refractivity contribution in [3.8, 4) is 0 Å². The number of carbonyl (C=O) groups is 3. The summed E-state index contributed by atoms with van der Waals surface area (Å²) >= 11 is 0. The average molecular weight is 392 g/mol. The Labute approximate surface area is 204 Å². The fraction of sp³-hybridized carbons (Fsp3) is 0.824. The van der Waals surface area contributed by atoms with Gasteiger partial charge in [0.15, 0.2) is 0 Å².